The van der Waals surface area contributed by atoms with E-state index in [-0.39, 0.29) is 0 Å². The zero-order chi connectivity index (χ0) is 9.61. The van der Waals surface area contributed by atoms with Gasteiger partial charge in [0.05, 0.1) is 0 Å². The second-order valence-electron chi connectivity index (χ2n) is 3.12. The Hall–Kier alpha value is 0.137. The first-order valence-corrected chi connectivity index (χ1v) is 6.66. The van der Waals surface area contributed by atoms with Gasteiger partial charge in [0.15, 0.2) is 0 Å². The van der Waals surface area contributed by atoms with Crippen LogP contribution >= 0.6 is 0 Å². The van der Waals surface area contributed by atoms with E-state index in [1.807, 2.05) is 0 Å². The van der Waals surface area contributed by atoms with Crippen molar-refractivity contribution in [1.82, 2.24) is 0 Å². The van der Waals surface area contributed by atoms with E-state index < -0.39 is 8.56 Å². The molecule has 1 radical (unpaired) electrons. The molecule has 0 N–H and O–H groups in total. The van der Waals surface area contributed by atoms with E-state index in [4.69, 9.17) is 8.85 Å². The molecule has 0 spiro atoms. The first-order chi connectivity index (χ1) is 5.66. The summed E-state index contributed by atoms with van der Waals surface area (Å²) in [5.41, 5.74) is 0.537. The van der Waals surface area contributed by atoms with Crippen molar-refractivity contribution in [2.24, 2.45) is 0 Å². The van der Waals surface area contributed by atoms with Gasteiger partial charge in [-0.05, 0) is 18.0 Å². The maximum Gasteiger partial charge on any atom is 0.340 e. The lowest BCUT2D eigenvalue weighted by Gasteiger charge is -2.31. The Morgan fingerprint density at radius 1 is 1.33 bits per heavy atom. The minimum Gasteiger partial charge on any atom is -0.397 e. The van der Waals surface area contributed by atoms with Gasteiger partial charge in [-0.25, -0.2) is 0 Å². The standard InChI is InChI=1S/C9H21O2Si/c1-6-8-9(3)12(7-2,10-4)11-5/h9H,1,6-8H2,2-5H3. The molecule has 0 saturated heterocycles. The van der Waals surface area contributed by atoms with Gasteiger partial charge in [-0.3, -0.25) is 0 Å². The molecule has 0 heterocycles. The fraction of sp³-hybridized carbons (Fsp3) is 0.889. The van der Waals surface area contributed by atoms with Crippen LogP contribution in [-0.2, 0) is 8.85 Å². The highest BCUT2D eigenvalue weighted by Crippen LogP contribution is 2.30. The normalized spacial score (nSPS) is 14.8. The van der Waals surface area contributed by atoms with Gasteiger partial charge in [-0.15, -0.1) is 0 Å². The molecule has 0 aliphatic heterocycles. The fourth-order valence-electron chi connectivity index (χ4n) is 1.65. The van der Waals surface area contributed by atoms with Crippen LogP contribution in [0.15, 0.2) is 0 Å². The molecule has 0 aromatic carbocycles. The average molecular weight is 189 g/mol. The Morgan fingerprint density at radius 2 is 1.83 bits per heavy atom. The molecule has 0 rings (SSSR count). The van der Waals surface area contributed by atoms with Crippen LogP contribution in [0.5, 0.6) is 0 Å². The molecular formula is C9H21O2Si. The molecule has 3 heteroatoms. The molecule has 2 nitrogen and oxygen atoms in total. The lowest BCUT2D eigenvalue weighted by atomic mass is 10.3. The van der Waals surface area contributed by atoms with Gasteiger partial charge in [0, 0.05) is 14.2 Å². The van der Waals surface area contributed by atoms with E-state index in [0.717, 1.165) is 18.9 Å². The Labute approximate surface area is 77.5 Å². The monoisotopic (exact) mass is 189 g/mol. The van der Waals surface area contributed by atoms with Crippen LogP contribution in [0.1, 0.15) is 26.7 Å². The molecule has 0 saturated carbocycles. The summed E-state index contributed by atoms with van der Waals surface area (Å²) in [5, 5.41) is 0. The molecule has 0 aliphatic rings. The maximum atomic E-state index is 5.54. The zero-order valence-corrected chi connectivity index (χ0v) is 9.72. The average Bonchev–Trinajstić information content (AvgIpc) is 2.09. The molecule has 73 valence electrons. The van der Waals surface area contributed by atoms with Gasteiger partial charge in [0.2, 0.25) is 0 Å². The summed E-state index contributed by atoms with van der Waals surface area (Å²) < 4.78 is 11.1. The van der Waals surface area contributed by atoms with Crippen molar-refractivity contribution in [3.05, 3.63) is 6.92 Å². The van der Waals surface area contributed by atoms with Crippen LogP contribution in [0.25, 0.3) is 0 Å². The summed E-state index contributed by atoms with van der Waals surface area (Å²) in [6.07, 6.45) is 2.06. The molecule has 12 heavy (non-hydrogen) atoms. The Balaban J connectivity index is 4.24. The van der Waals surface area contributed by atoms with Crippen LogP contribution in [0, 0.1) is 6.92 Å². The third kappa shape index (κ3) is 2.57. The molecule has 0 fully saturated rings. The molecular weight excluding hydrogens is 168 g/mol. The van der Waals surface area contributed by atoms with Crippen LogP contribution in [0.2, 0.25) is 11.6 Å². The topological polar surface area (TPSA) is 18.5 Å². The van der Waals surface area contributed by atoms with E-state index in [2.05, 4.69) is 20.8 Å². The predicted molar refractivity (Wildman–Crippen MR) is 54.3 cm³/mol. The third-order valence-electron chi connectivity index (χ3n) is 2.57. The highest BCUT2D eigenvalue weighted by Gasteiger charge is 2.39. The van der Waals surface area contributed by atoms with E-state index in [1.54, 1.807) is 14.2 Å². The van der Waals surface area contributed by atoms with Crippen LogP contribution in [0.4, 0.5) is 0 Å². The van der Waals surface area contributed by atoms with E-state index in [1.165, 1.54) is 0 Å². The predicted octanol–water partition coefficient (Wildman–Crippen LogP) is 2.75. The summed E-state index contributed by atoms with van der Waals surface area (Å²) in [6.45, 7) is 8.19. The summed E-state index contributed by atoms with van der Waals surface area (Å²) in [7, 11) is 1.64. The van der Waals surface area contributed by atoms with Crippen LogP contribution < -0.4 is 0 Å². The SMILES string of the molecule is [CH2]CCC(C)[Si](CC)(OC)OC. The van der Waals surface area contributed by atoms with Crippen molar-refractivity contribution >= 4 is 8.56 Å². The highest BCUT2D eigenvalue weighted by atomic mass is 28.4. The Morgan fingerprint density at radius 3 is 2.08 bits per heavy atom. The Bertz CT molecular complexity index is 105. The quantitative estimate of drug-likeness (QED) is 0.598. The van der Waals surface area contributed by atoms with Gasteiger partial charge in [0.1, 0.15) is 0 Å². The van der Waals surface area contributed by atoms with Crippen LogP contribution in [-0.4, -0.2) is 22.8 Å². The molecule has 1 unspecified atom stereocenters. The van der Waals surface area contributed by atoms with Crippen molar-refractivity contribution in [2.75, 3.05) is 14.2 Å². The summed E-state index contributed by atoms with van der Waals surface area (Å²) in [6, 6.07) is 1.02. The first-order valence-electron chi connectivity index (χ1n) is 4.56. The first kappa shape index (κ1) is 12.1. The minimum atomic E-state index is -1.88. The fourth-order valence-corrected chi connectivity index (χ4v) is 4.54. The van der Waals surface area contributed by atoms with Gasteiger partial charge in [0.25, 0.3) is 0 Å². The van der Waals surface area contributed by atoms with Gasteiger partial charge in [-0.1, -0.05) is 27.2 Å². The molecule has 0 aromatic rings. The minimum absolute atomic E-state index is 0.537. The van der Waals surface area contributed by atoms with Crippen molar-refractivity contribution in [3.63, 3.8) is 0 Å². The van der Waals surface area contributed by atoms with Crippen molar-refractivity contribution in [2.45, 2.75) is 38.3 Å². The zero-order valence-electron chi connectivity index (χ0n) is 8.72. The van der Waals surface area contributed by atoms with Crippen LogP contribution in [0.3, 0.4) is 0 Å². The number of rotatable bonds is 6. The molecule has 0 bridgehead atoms. The van der Waals surface area contributed by atoms with Gasteiger partial charge in [-0.2, -0.15) is 0 Å². The van der Waals surface area contributed by atoms with E-state index >= 15 is 0 Å². The van der Waals surface area contributed by atoms with E-state index in [9.17, 15) is 0 Å². The molecule has 0 aliphatic carbocycles. The second kappa shape index (κ2) is 5.73. The van der Waals surface area contributed by atoms with Gasteiger partial charge < -0.3 is 8.85 Å². The smallest absolute Gasteiger partial charge is 0.340 e. The summed E-state index contributed by atoms with van der Waals surface area (Å²) in [5.74, 6) is 0. The number of hydrogen-bond donors (Lipinski definition) is 0. The molecule has 1 atom stereocenters. The van der Waals surface area contributed by atoms with Gasteiger partial charge >= 0.3 is 8.56 Å². The Kier molecular flexibility index (Phi) is 5.79. The van der Waals surface area contributed by atoms with E-state index in [0.29, 0.717) is 5.54 Å². The highest BCUT2D eigenvalue weighted by molar-refractivity contribution is 6.68. The third-order valence-corrected chi connectivity index (χ3v) is 6.73. The van der Waals surface area contributed by atoms with Crippen molar-refractivity contribution in [1.29, 1.82) is 0 Å². The lowest BCUT2D eigenvalue weighted by Crippen LogP contribution is -2.43. The summed E-state index contributed by atoms with van der Waals surface area (Å²) in [4.78, 5) is 0. The maximum absolute atomic E-state index is 5.54. The van der Waals surface area contributed by atoms with Crippen molar-refractivity contribution < 1.29 is 8.85 Å². The molecule has 0 amide bonds. The summed E-state index contributed by atoms with van der Waals surface area (Å²) >= 11 is 0. The molecule has 0 aromatic heterocycles. The number of hydrogen-bond acceptors (Lipinski definition) is 2. The lowest BCUT2D eigenvalue weighted by molar-refractivity contribution is 0.229. The van der Waals surface area contributed by atoms with Crippen molar-refractivity contribution in [3.8, 4) is 0 Å². The largest absolute Gasteiger partial charge is 0.397 e. The second-order valence-corrected chi connectivity index (χ2v) is 7.25.